The van der Waals surface area contributed by atoms with E-state index < -0.39 is 4.92 Å². The Morgan fingerprint density at radius 2 is 1.90 bits per heavy atom. The second-order valence-electron chi connectivity index (χ2n) is 7.64. The maximum atomic E-state index is 10.9. The van der Waals surface area contributed by atoms with Crippen LogP contribution in [-0.2, 0) is 12.8 Å². The van der Waals surface area contributed by atoms with Crippen LogP contribution in [0.5, 0.6) is 0 Å². The maximum absolute atomic E-state index is 10.9. The number of benzene rings is 1. The van der Waals surface area contributed by atoms with Gasteiger partial charge in [0.15, 0.2) is 0 Å². The zero-order valence-electron chi connectivity index (χ0n) is 17.3. The highest BCUT2D eigenvalue weighted by atomic mass is 32.1. The van der Waals surface area contributed by atoms with Gasteiger partial charge in [-0.15, -0.1) is 11.3 Å². The van der Waals surface area contributed by atoms with E-state index in [4.69, 9.17) is 0 Å². The molecule has 0 saturated carbocycles. The van der Waals surface area contributed by atoms with Crippen LogP contribution in [0.15, 0.2) is 30.3 Å². The average Bonchev–Trinajstić information content (AvgIpc) is 3.27. The first-order valence-corrected chi connectivity index (χ1v) is 10.9. The lowest BCUT2D eigenvalue weighted by atomic mass is 9.96. The molecule has 0 amide bonds. The van der Waals surface area contributed by atoms with Gasteiger partial charge in [0.25, 0.3) is 5.69 Å². The van der Waals surface area contributed by atoms with Gasteiger partial charge in [-0.05, 0) is 80.5 Å². The number of nitriles is 2. The third kappa shape index (κ3) is 3.65. The van der Waals surface area contributed by atoms with Gasteiger partial charge in [0, 0.05) is 28.4 Å². The molecule has 0 atom stereocenters. The summed E-state index contributed by atoms with van der Waals surface area (Å²) in [5.74, 6) is 0. The first kappa shape index (κ1) is 20.6. The molecule has 154 valence electrons. The van der Waals surface area contributed by atoms with E-state index in [1.54, 1.807) is 29.5 Å². The zero-order chi connectivity index (χ0) is 22.1. The Morgan fingerprint density at radius 1 is 1.19 bits per heavy atom. The van der Waals surface area contributed by atoms with Crippen molar-refractivity contribution in [1.82, 2.24) is 4.57 Å². The van der Waals surface area contributed by atoms with Crippen molar-refractivity contribution in [2.24, 2.45) is 0 Å². The molecule has 2 heterocycles. The summed E-state index contributed by atoms with van der Waals surface area (Å²) < 4.78 is 2.11. The molecular formula is C24H20N4O2S. The van der Waals surface area contributed by atoms with Crippen LogP contribution in [0.1, 0.15) is 51.4 Å². The Labute approximate surface area is 184 Å². The summed E-state index contributed by atoms with van der Waals surface area (Å²) in [5, 5.41) is 31.4. The van der Waals surface area contributed by atoms with Crippen LogP contribution in [-0.4, -0.2) is 9.49 Å². The molecule has 1 aliphatic carbocycles. The predicted octanol–water partition coefficient (Wildman–Crippen LogP) is 5.88. The van der Waals surface area contributed by atoms with Crippen molar-refractivity contribution in [1.29, 1.82) is 10.5 Å². The fraction of sp³-hybridized carbons (Fsp3) is 0.250. The summed E-state index contributed by atoms with van der Waals surface area (Å²) in [6.45, 7) is 3.99. The van der Waals surface area contributed by atoms with Crippen molar-refractivity contribution in [2.45, 2.75) is 39.5 Å². The Hall–Kier alpha value is -3.68. The number of nitro benzene ring substituents is 1. The summed E-state index contributed by atoms with van der Waals surface area (Å²) in [4.78, 5) is 11.7. The summed E-state index contributed by atoms with van der Waals surface area (Å²) >= 11 is 1.70. The fourth-order valence-electron chi connectivity index (χ4n) is 4.17. The fourth-order valence-corrected chi connectivity index (χ4v) is 5.62. The van der Waals surface area contributed by atoms with Crippen LogP contribution >= 0.6 is 11.3 Å². The zero-order valence-corrected chi connectivity index (χ0v) is 18.1. The van der Waals surface area contributed by atoms with Crippen LogP contribution in [0.3, 0.4) is 0 Å². The molecule has 0 N–H and O–H groups in total. The van der Waals surface area contributed by atoms with Crippen molar-refractivity contribution in [3.05, 3.63) is 79.0 Å². The van der Waals surface area contributed by atoms with Crippen molar-refractivity contribution >= 4 is 28.7 Å². The summed E-state index contributed by atoms with van der Waals surface area (Å²) in [6, 6.07) is 12.6. The number of aromatic nitrogens is 1. The lowest BCUT2D eigenvalue weighted by molar-refractivity contribution is -0.384. The number of nitrogens with zero attached hydrogens (tertiary/aromatic N) is 4. The molecule has 4 rings (SSSR count). The van der Waals surface area contributed by atoms with Gasteiger partial charge in [-0.25, -0.2) is 0 Å². The Kier molecular flexibility index (Phi) is 5.46. The largest absolute Gasteiger partial charge is 0.308 e. The molecule has 2 aromatic heterocycles. The van der Waals surface area contributed by atoms with Gasteiger partial charge >= 0.3 is 0 Å². The molecule has 0 unspecified atom stereocenters. The second kappa shape index (κ2) is 8.22. The van der Waals surface area contributed by atoms with Gasteiger partial charge < -0.3 is 4.57 Å². The molecule has 0 saturated heterocycles. The molecule has 0 fully saturated rings. The quantitative estimate of drug-likeness (QED) is 0.294. The van der Waals surface area contributed by atoms with Crippen molar-refractivity contribution in [3.63, 3.8) is 0 Å². The summed E-state index contributed by atoms with van der Waals surface area (Å²) in [6.07, 6.45) is 6.07. The molecule has 31 heavy (non-hydrogen) atoms. The third-order valence-electron chi connectivity index (χ3n) is 5.75. The van der Waals surface area contributed by atoms with Gasteiger partial charge in [0.1, 0.15) is 11.1 Å². The molecule has 0 aliphatic heterocycles. The highest BCUT2D eigenvalue weighted by Gasteiger charge is 2.23. The third-order valence-corrected chi connectivity index (χ3v) is 7.02. The second-order valence-corrected chi connectivity index (χ2v) is 8.72. The van der Waals surface area contributed by atoms with E-state index in [2.05, 4.69) is 16.7 Å². The first-order valence-electron chi connectivity index (χ1n) is 10.0. The lowest BCUT2D eigenvalue weighted by Crippen LogP contribution is -2.02. The van der Waals surface area contributed by atoms with E-state index in [1.807, 2.05) is 19.9 Å². The summed E-state index contributed by atoms with van der Waals surface area (Å²) in [7, 11) is 0. The van der Waals surface area contributed by atoms with Gasteiger partial charge in [-0.3, -0.25) is 10.1 Å². The van der Waals surface area contributed by atoms with Gasteiger partial charge in [-0.2, -0.15) is 10.5 Å². The average molecular weight is 429 g/mol. The van der Waals surface area contributed by atoms with Crippen LogP contribution in [0.4, 0.5) is 5.69 Å². The normalized spacial score (nSPS) is 13.4. The number of non-ortho nitro benzene ring substituents is 1. The minimum absolute atomic E-state index is 0.00934. The minimum Gasteiger partial charge on any atom is -0.308 e. The first-order chi connectivity index (χ1) is 14.9. The van der Waals surface area contributed by atoms with Crippen molar-refractivity contribution in [3.8, 4) is 17.1 Å². The lowest BCUT2D eigenvalue weighted by Gasteiger charge is -2.10. The number of aryl methyl sites for hydroxylation is 2. The Balaban J connectivity index is 1.78. The van der Waals surface area contributed by atoms with Crippen molar-refractivity contribution in [2.75, 3.05) is 0 Å². The van der Waals surface area contributed by atoms with Crippen LogP contribution in [0, 0.1) is 46.6 Å². The van der Waals surface area contributed by atoms with E-state index in [0.717, 1.165) is 53.2 Å². The Morgan fingerprint density at radius 3 is 2.55 bits per heavy atom. The number of allylic oxidation sites excluding steroid dienone is 1. The molecule has 1 aliphatic rings. The SMILES string of the molecule is Cc1cc(C=C(C#N)c2ccc([N+](=O)[O-])cc2)c(C)n1-c1sc2c(c1C#N)CCCC2. The van der Waals surface area contributed by atoms with E-state index >= 15 is 0 Å². The molecule has 0 radical (unpaired) electrons. The molecule has 3 aromatic rings. The van der Waals surface area contributed by atoms with Crippen LogP contribution < -0.4 is 0 Å². The van der Waals surface area contributed by atoms with E-state index in [1.165, 1.54) is 22.6 Å². The predicted molar refractivity (Wildman–Crippen MR) is 121 cm³/mol. The van der Waals surface area contributed by atoms with Gasteiger partial charge in [0.05, 0.1) is 22.1 Å². The smallest absolute Gasteiger partial charge is 0.269 e. The molecular weight excluding hydrogens is 408 g/mol. The number of hydrogen-bond acceptors (Lipinski definition) is 5. The van der Waals surface area contributed by atoms with Crippen LogP contribution in [0.2, 0.25) is 0 Å². The minimum atomic E-state index is -0.458. The van der Waals surface area contributed by atoms with E-state index in [9.17, 15) is 20.6 Å². The Bertz CT molecular complexity index is 1300. The molecule has 1 aromatic carbocycles. The highest BCUT2D eigenvalue weighted by Crippen LogP contribution is 2.38. The van der Waals surface area contributed by atoms with Gasteiger partial charge in [0.2, 0.25) is 0 Å². The van der Waals surface area contributed by atoms with E-state index in [-0.39, 0.29) is 5.69 Å². The van der Waals surface area contributed by atoms with Crippen LogP contribution in [0.25, 0.3) is 16.7 Å². The molecule has 0 bridgehead atoms. The topological polar surface area (TPSA) is 95.6 Å². The monoisotopic (exact) mass is 428 g/mol. The molecule has 7 heteroatoms. The van der Waals surface area contributed by atoms with E-state index in [0.29, 0.717) is 11.1 Å². The molecule has 6 nitrogen and oxygen atoms in total. The number of thiophene rings is 1. The maximum Gasteiger partial charge on any atom is 0.269 e. The number of rotatable bonds is 4. The molecule has 0 spiro atoms. The summed E-state index contributed by atoms with van der Waals surface area (Å²) in [5.41, 5.74) is 5.87. The van der Waals surface area contributed by atoms with Crippen molar-refractivity contribution < 1.29 is 4.92 Å². The van der Waals surface area contributed by atoms with Gasteiger partial charge in [-0.1, -0.05) is 0 Å². The number of nitro groups is 1. The number of hydrogen-bond donors (Lipinski definition) is 0. The highest BCUT2D eigenvalue weighted by molar-refractivity contribution is 7.15. The number of fused-ring (bicyclic) bond motifs is 1. The standard InChI is InChI=1S/C24H20N4O2S/c1-15-11-18(12-19(13-25)17-7-9-20(10-8-17)28(29)30)16(2)27(15)24-22(14-26)21-5-3-4-6-23(21)31-24/h7-12H,3-6H2,1-2H3.